The molecule has 0 bridgehead atoms. The molecular weight excluding hydrogens is 278 g/mol. The predicted molar refractivity (Wildman–Crippen MR) is 89.8 cm³/mol. The molecule has 0 radical (unpaired) electrons. The standard InChI is InChI=1S/C19H22ClN/c20-18-10-5-14(6-11-18)7-12-19(21)17-9-8-15-3-1-2-4-16(15)13-17/h5-6,8-11,13,19H,1-4,7,12,21H2. The first-order valence-corrected chi connectivity index (χ1v) is 8.22. The molecule has 0 amide bonds. The highest BCUT2D eigenvalue weighted by molar-refractivity contribution is 6.30. The highest BCUT2D eigenvalue weighted by atomic mass is 35.5. The fourth-order valence-electron chi connectivity index (χ4n) is 3.12. The molecule has 0 spiro atoms. The molecule has 0 aromatic heterocycles. The van der Waals surface area contributed by atoms with Crippen molar-refractivity contribution in [2.24, 2.45) is 5.73 Å². The maximum absolute atomic E-state index is 6.38. The van der Waals surface area contributed by atoms with E-state index in [1.807, 2.05) is 12.1 Å². The van der Waals surface area contributed by atoms with Gasteiger partial charge >= 0.3 is 0 Å². The van der Waals surface area contributed by atoms with Gasteiger partial charge < -0.3 is 5.73 Å². The van der Waals surface area contributed by atoms with Crippen molar-refractivity contribution < 1.29 is 0 Å². The van der Waals surface area contributed by atoms with E-state index in [9.17, 15) is 0 Å². The topological polar surface area (TPSA) is 26.0 Å². The Kier molecular flexibility index (Phi) is 4.62. The maximum atomic E-state index is 6.38. The number of fused-ring (bicyclic) bond motifs is 1. The molecule has 0 saturated heterocycles. The van der Waals surface area contributed by atoms with Crippen LogP contribution in [0.5, 0.6) is 0 Å². The summed E-state index contributed by atoms with van der Waals surface area (Å²) in [5, 5.41) is 0.790. The smallest absolute Gasteiger partial charge is 0.0406 e. The predicted octanol–water partition coefficient (Wildman–Crippen LogP) is 4.85. The number of benzene rings is 2. The van der Waals surface area contributed by atoms with Gasteiger partial charge in [0, 0.05) is 11.1 Å². The molecule has 2 N–H and O–H groups in total. The lowest BCUT2D eigenvalue weighted by atomic mass is 9.88. The van der Waals surface area contributed by atoms with Gasteiger partial charge in [0.05, 0.1) is 0 Å². The Hall–Kier alpha value is -1.31. The normalized spacial score (nSPS) is 15.5. The second kappa shape index (κ2) is 6.64. The Morgan fingerprint density at radius 3 is 2.43 bits per heavy atom. The van der Waals surface area contributed by atoms with Gasteiger partial charge in [0.1, 0.15) is 0 Å². The van der Waals surface area contributed by atoms with Gasteiger partial charge in [-0.15, -0.1) is 0 Å². The zero-order chi connectivity index (χ0) is 14.7. The second-order valence-electron chi connectivity index (χ2n) is 6.01. The summed E-state index contributed by atoms with van der Waals surface area (Å²) in [6.45, 7) is 0. The van der Waals surface area contributed by atoms with Gasteiger partial charge in [-0.25, -0.2) is 0 Å². The van der Waals surface area contributed by atoms with Crippen LogP contribution in [0.4, 0.5) is 0 Å². The Balaban J connectivity index is 1.65. The average Bonchev–Trinajstić information content (AvgIpc) is 2.53. The molecule has 1 nitrogen and oxygen atoms in total. The number of aryl methyl sites for hydroxylation is 3. The number of rotatable bonds is 4. The van der Waals surface area contributed by atoms with Crippen molar-refractivity contribution in [2.75, 3.05) is 0 Å². The molecule has 110 valence electrons. The lowest BCUT2D eigenvalue weighted by molar-refractivity contribution is 0.642. The van der Waals surface area contributed by atoms with Gasteiger partial charge in [-0.2, -0.15) is 0 Å². The van der Waals surface area contributed by atoms with Crippen molar-refractivity contribution >= 4 is 11.6 Å². The van der Waals surface area contributed by atoms with Gasteiger partial charge in [-0.1, -0.05) is 41.9 Å². The molecular formula is C19H22ClN. The lowest BCUT2D eigenvalue weighted by Crippen LogP contribution is -2.13. The summed E-state index contributed by atoms with van der Waals surface area (Å²) >= 11 is 5.91. The maximum Gasteiger partial charge on any atom is 0.0406 e. The molecule has 0 aliphatic heterocycles. The first kappa shape index (κ1) is 14.6. The SMILES string of the molecule is NC(CCc1ccc(Cl)cc1)c1ccc2c(c1)CCCC2. The van der Waals surface area contributed by atoms with Crippen molar-refractivity contribution in [1.29, 1.82) is 0 Å². The molecule has 1 atom stereocenters. The van der Waals surface area contributed by atoms with Crippen LogP contribution in [0.15, 0.2) is 42.5 Å². The van der Waals surface area contributed by atoms with E-state index >= 15 is 0 Å². The lowest BCUT2D eigenvalue weighted by Gasteiger charge is -2.19. The fourth-order valence-corrected chi connectivity index (χ4v) is 3.25. The molecule has 21 heavy (non-hydrogen) atoms. The van der Waals surface area contributed by atoms with Crippen LogP contribution < -0.4 is 5.73 Å². The third kappa shape index (κ3) is 3.66. The monoisotopic (exact) mass is 299 g/mol. The van der Waals surface area contributed by atoms with Crippen LogP contribution in [0, 0.1) is 0 Å². The molecule has 1 aliphatic carbocycles. The van der Waals surface area contributed by atoms with Gasteiger partial charge in [0.15, 0.2) is 0 Å². The summed E-state index contributed by atoms with van der Waals surface area (Å²) < 4.78 is 0. The molecule has 2 aromatic carbocycles. The van der Waals surface area contributed by atoms with E-state index in [2.05, 4.69) is 30.3 Å². The fraction of sp³-hybridized carbons (Fsp3) is 0.368. The molecule has 0 saturated carbocycles. The van der Waals surface area contributed by atoms with E-state index in [-0.39, 0.29) is 6.04 Å². The summed E-state index contributed by atoms with van der Waals surface area (Å²) in [6.07, 6.45) is 7.06. The largest absolute Gasteiger partial charge is 0.324 e. The van der Waals surface area contributed by atoms with Crippen LogP contribution in [0.25, 0.3) is 0 Å². The molecule has 0 heterocycles. The van der Waals surface area contributed by atoms with Gasteiger partial charge in [0.2, 0.25) is 0 Å². The minimum absolute atomic E-state index is 0.118. The molecule has 3 rings (SSSR count). The second-order valence-corrected chi connectivity index (χ2v) is 6.44. The zero-order valence-corrected chi connectivity index (χ0v) is 13.1. The number of hydrogen-bond donors (Lipinski definition) is 1. The highest BCUT2D eigenvalue weighted by Gasteiger charge is 2.12. The van der Waals surface area contributed by atoms with Crippen LogP contribution in [0.2, 0.25) is 5.02 Å². The quantitative estimate of drug-likeness (QED) is 0.858. The summed E-state index contributed by atoms with van der Waals surface area (Å²) in [5.74, 6) is 0. The molecule has 1 aliphatic rings. The van der Waals surface area contributed by atoms with E-state index in [1.165, 1.54) is 47.9 Å². The number of nitrogens with two attached hydrogens (primary N) is 1. The van der Waals surface area contributed by atoms with E-state index in [0.29, 0.717) is 0 Å². The third-order valence-electron chi connectivity index (χ3n) is 4.46. The van der Waals surface area contributed by atoms with E-state index in [1.54, 1.807) is 0 Å². The van der Waals surface area contributed by atoms with E-state index in [4.69, 9.17) is 17.3 Å². The van der Waals surface area contributed by atoms with E-state index < -0.39 is 0 Å². The van der Waals surface area contributed by atoms with Crippen LogP contribution in [-0.2, 0) is 19.3 Å². The molecule has 1 unspecified atom stereocenters. The summed E-state index contributed by atoms with van der Waals surface area (Å²) in [6, 6.07) is 15.0. The van der Waals surface area contributed by atoms with Crippen LogP contribution in [0.1, 0.15) is 47.6 Å². The minimum atomic E-state index is 0.118. The summed E-state index contributed by atoms with van der Waals surface area (Å²) in [7, 11) is 0. The van der Waals surface area contributed by atoms with Crippen molar-refractivity contribution in [2.45, 2.75) is 44.6 Å². The van der Waals surface area contributed by atoms with E-state index in [0.717, 1.165) is 17.9 Å². The van der Waals surface area contributed by atoms with Crippen molar-refractivity contribution in [3.05, 3.63) is 69.7 Å². The van der Waals surface area contributed by atoms with Crippen molar-refractivity contribution in [3.63, 3.8) is 0 Å². The Morgan fingerprint density at radius 1 is 0.952 bits per heavy atom. The van der Waals surface area contributed by atoms with Crippen molar-refractivity contribution in [1.82, 2.24) is 0 Å². The van der Waals surface area contributed by atoms with Crippen LogP contribution in [-0.4, -0.2) is 0 Å². The highest BCUT2D eigenvalue weighted by Crippen LogP contribution is 2.26. The van der Waals surface area contributed by atoms with Crippen LogP contribution >= 0.6 is 11.6 Å². The minimum Gasteiger partial charge on any atom is -0.324 e. The number of halogens is 1. The Morgan fingerprint density at radius 2 is 1.67 bits per heavy atom. The van der Waals surface area contributed by atoms with Crippen molar-refractivity contribution in [3.8, 4) is 0 Å². The summed E-state index contributed by atoms with van der Waals surface area (Å²) in [5.41, 5.74) is 12.0. The third-order valence-corrected chi connectivity index (χ3v) is 4.71. The first-order valence-electron chi connectivity index (χ1n) is 7.84. The molecule has 2 heteroatoms. The Bertz CT molecular complexity index is 603. The molecule has 0 fully saturated rings. The number of hydrogen-bond acceptors (Lipinski definition) is 1. The molecule has 2 aromatic rings. The van der Waals surface area contributed by atoms with Gasteiger partial charge in [-0.05, 0) is 72.9 Å². The summed E-state index contributed by atoms with van der Waals surface area (Å²) in [4.78, 5) is 0. The zero-order valence-electron chi connectivity index (χ0n) is 12.3. The van der Waals surface area contributed by atoms with Crippen LogP contribution in [0.3, 0.4) is 0 Å². The van der Waals surface area contributed by atoms with Gasteiger partial charge in [0.25, 0.3) is 0 Å². The Labute approximate surface area is 132 Å². The first-order chi connectivity index (χ1) is 10.2. The average molecular weight is 300 g/mol. The van der Waals surface area contributed by atoms with Gasteiger partial charge in [-0.3, -0.25) is 0 Å².